The van der Waals surface area contributed by atoms with Crippen LogP contribution in [0.5, 0.6) is 0 Å². The van der Waals surface area contributed by atoms with Crippen molar-refractivity contribution in [1.29, 1.82) is 0 Å². The molecule has 12 nitrogen and oxygen atoms in total. The van der Waals surface area contributed by atoms with E-state index >= 15 is 0 Å². The van der Waals surface area contributed by atoms with E-state index in [4.69, 9.17) is 14.9 Å². The van der Waals surface area contributed by atoms with Crippen molar-refractivity contribution in [2.75, 3.05) is 6.61 Å². The Bertz CT molecular complexity index is 539. The molecule has 0 saturated carbocycles. The fourth-order valence-electron chi connectivity index (χ4n) is 2.41. The van der Waals surface area contributed by atoms with Crippen LogP contribution >= 0.6 is 0 Å². The highest BCUT2D eigenvalue weighted by molar-refractivity contribution is 5.76. The molecule has 0 aromatic rings. The maximum Gasteiger partial charge on any atom is 0.364 e. The van der Waals surface area contributed by atoms with Crippen LogP contribution in [0, 0.1) is 0 Å². The maximum absolute atomic E-state index is 11.3. The minimum atomic E-state index is -2.87. The number of carbonyl (C=O) groups excluding carboxylic acids is 2. The van der Waals surface area contributed by atoms with Crippen molar-refractivity contribution < 1.29 is 54.5 Å². The van der Waals surface area contributed by atoms with Crippen LogP contribution < -0.4 is 5.32 Å². The average molecular weight is 381 g/mol. The molecule has 7 atom stereocenters. The molecule has 1 unspecified atom stereocenters. The van der Waals surface area contributed by atoms with Gasteiger partial charge in [-0.2, -0.15) is 0 Å². The van der Waals surface area contributed by atoms with Gasteiger partial charge in [0.2, 0.25) is 5.91 Å². The van der Waals surface area contributed by atoms with E-state index < -0.39 is 73.2 Å². The number of carbonyl (C=O) groups is 3. The van der Waals surface area contributed by atoms with E-state index in [1.54, 1.807) is 0 Å². The second-order valence-electron chi connectivity index (χ2n) is 6.03. The minimum absolute atomic E-state index is 0.648. The van der Waals surface area contributed by atoms with Crippen LogP contribution in [0.3, 0.4) is 0 Å². The quantitative estimate of drug-likeness (QED) is 0.212. The first kappa shape index (κ1) is 22.2. The van der Waals surface area contributed by atoms with Gasteiger partial charge in [0, 0.05) is 13.3 Å². The minimum Gasteiger partial charge on any atom is -0.477 e. The van der Waals surface area contributed by atoms with Crippen molar-refractivity contribution in [3.8, 4) is 0 Å². The first-order valence-electron chi connectivity index (χ1n) is 7.68. The average Bonchev–Trinajstić information content (AvgIpc) is 2.53. The summed E-state index contributed by atoms with van der Waals surface area (Å²) in [6.45, 7) is 1.42. The molecular weight excluding hydrogens is 358 g/mol. The van der Waals surface area contributed by atoms with Crippen LogP contribution in [0.1, 0.15) is 20.3 Å². The summed E-state index contributed by atoms with van der Waals surface area (Å²) in [5.41, 5.74) is 0. The molecule has 0 aromatic heterocycles. The third-order valence-electron chi connectivity index (χ3n) is 3.76. The Morgan fingerprint density at radius 3 is 2.35 bits per heavy atom. The number of rotatable bonds is 7. The van der Waals surface area contributed by atoms with Crippen LogP contribution in [0.2, 0.25) is 0 Å². The molecular formula is C14H23NO11. The molecule has 0 radical (unpaired) electrons. The molecule has 1 heterocycles. The molecule has 7 N–H and O–H groups in total. The highest BCUT2D eigenvalue weighted by Crippen LogP contribution is 2.30. The number of hydrogen-bond acceptors (Lipinski definition) is 10. The van der Waals surface area contributed by atoms with Gasteiger partial charge in [-0.3, -0.25) is 4.79 Å². The zero-order chi connectivity index (χ0) is 20.2. The summed E-state index contributed by atoms with van der Waals surface area (Å²) in [6, 6.07) is -1.36. The van der Waals surface area contributed by atoms with Gasteiger partial charge in [-0.15, -0.1) is 0 Å². The van der Waals surface area contributed by atoms with Gasteiger partial charge >= 0.3 is 11.9 Å². The molecule has 0 aromatic carbocycles. The van der Waals surface area contributed by atoms with Gasteiger partial charge in [-0.05, 0) is 6.92 Å². The number of aliphatic carboxylic acids is 1. The number of ether oxygens (including phenoxy) is 2. The Morgan fingerprint density at radius 1 is 1.31 bits per heavy atom. The van der Waals surface area contributed by atoms with Gasteiger partial charge in [-0.1, -0.05) is 0 Å². The molecule has 0 aliphatic carbocycles. The lowest BCUT2D eigenvalue weighted by Crippen LogP contribution is -2.67. The Balaban J connectivity index is 2.97. The lowest BCUT2D eigenvalue weighted by molar-refractivity contribution is -0.295. The molecule has 1 fully saturated rings. The number of hydrogen-bond donors (Lipinski definition) is 7. The van der Waals surface area contributed by atoms with Gasteiger partial charge in [0.15, 0.2) is 0 Å². The summed E-state index contributed by atoms with van der Waals surface area (Å²) in [4.78, 5) is 33.6. The van der Waals surface area contributed by atoms with Crippen molar-refractivity contribution in [3.05, 3.63) is 0 Å². The molecule has 1 aliphatic rings. The van der Waals surface area contributed by atoms with Crippen LogP contribution in [0.25, 0.3) is 0 Å². The van der Waals surface area contributed by atoms with Gasteiger partial charge in [0.1, 0.15) is 31.0 Å². The Hall–Kier alpha value is -1.83. The zero-order valence-corrected chi connectivity index (χ0v) is 14.1. The molecule has 12 heteroatoms. The van der Waals surface area contributed by atoms with Crippen molar-refractivity contribution in [1.82, 2.24) is 5.32 Å². The first-order chi connectivity index (χ1) is 11.9. The van der Waals surface area contributed by atoms with Crippen LogP contribution in [0.4, 0.5) is 0 Å². The highest BCUT2D eigenvalue weighted by atomic mass is 16.7. The predicted octanol–water partition coefficient (Wildman–Crippen LogP) is -3.94. The van der Waals surface area contributed by atoms with E-state index in [1.807, 2.05) is 0 Å². The fraction of sp³-hybridized carbons (Fsp3) is 0.786. The van der Waals surface area contributed by atoms with Gasteiger partial charge < -0.3 is 45.4 Å². The number of aliphatic hydroxyl groups is 5. The molecule has 0 bridgehead atoms. The standard InChI is InChI=1S/C14H23NO11/c1-5(16)12(21)25-4-8(19)10(20)11-9(15-6(2)17)7(18)3-14(24,26-11)13(22)23/h5,7-11,16,18-20,24H,3-4H2,1-2H3,(H,15,17)(H,22,23)/t5-,7-,8+,9+,10+,11+,14?/m0/s1. The molecule has 0 spiro atoms. The zero-order valence-electron chi connectivity index (χ0n) is 14.1. The second-order valence-corrected chi connectivity index (χ2v) is 6.03. The third kappa shape index (κ3) is 5.33. The number of nitrogens with one attached hydrogen (secondary N) is 1. The summed E-state index contributed by atoms with van der Waals surface area (Å²) in [5, 5.41) is 60.5. The topological polar surface area (TPSA) is 203 Å². The van der Waals surface area contributed by atoms with E-state index in [1.165, 1.54) is 0 Å². The number of carboxylic acids is 1. The van der Waals surface area contributed by atoms with Gasteiger partial charge in [-0.25, -0.2) is 9.59 Å². The number of esters is 1. The van der Waals surface area contributed by atoms with Crippen molar-refractivity contribution in [3.63, 3.8) is 0 Å². The summed E-state index contributed by atoms with van der Waals surface area (Å²) in [6.07, 6.45) is -9.44. The molecule has 1 saturated heterocycles. The van der Waals surface area contributed by atoms with E-state index in [9.17, 15) is 34.8 Å². The van der Waals surface area contributed by atoms with Crippen LogP contribution in [-0.4, -0.2) is 97.4 Å². The molecule has 26 heavy (non-hydrogen) atoms. The summed E-state index contributed by atoms with van der Waals surface area (Å²) >= 11 is 0. The summed E-state index contributed by atoms with van der Waals surface area (Å²) < 4.78 is 9.47. The lowest BCUT2D eigenvalue weighted by atomic mass is 9.88. The Morgan fingerprint density at radius 2 is 1.88 bits per heavy atom. The van der Waals surface area contributed by atoms with Crippen molar-refractivity contribution in [2.45, 2.75) is 62.6 Å². The molecule has 1 aliphatic heterocycles. The van der Waals surface area contributed by atoms with E-state index in [-0.39, 0.29) is 0 Å². The summed E-state index contributed by atoms with van der Waals surface area (Å²) in [7, 11) is 0. The predicted molar refractivity (Wildman–Crippen MR) is 80.3 cm³/mol. The highest BCUT2D eigenvalue weighted by Gasteiger charge is 2.54. The van der Waals surface area contributed by atoms with Crippen LogP contribution in [0.15, 0.2) is 0 Å². The third-order valence-corrected chi connectivity index (χ3v) is 3.76. The number of amides is 1. The molecule has 150 valence electrons. The smallest absolute Gasteiger partial charge is 0.364 e. The monoisotopic (exact) mass is 381 g/mol. The van der Waals surface area contributed by atoms with E-state index in [0.717, 1.165) is 13.8 Å². The van der Waals surface area contributed by atoms with E-state index in [2.05, 4.69) is 10.1 Å². The van der Waals surface area contributed by atoms with Crippen molar-refractivity contribution in [2.24, 2.45) is 0 Å². The fourth-order valence-corrected chi connectivity index (χ4v) is 2.41. The van der Waals surface area contributed by atoms with E-state index in [0.29, 0.717) is 0 Å². The Labute approximate surface area is 148 Å². The SMILES string of the molecule is CC(=O)N[C@H]1[C@H]([C@H](O)[C@H](O)COC(=O)[C@H](C)O)OC(O)(C(=O)O)C[C@@H]1O. The summed E-state index contributed by atoms with van der Waals surface area (Å²) in [5.74, 6) is -6.44. The molecule has 1 rings (SSSR count). The van der Waals surface area contributed by atoms with Crippen molar-refractivity contribution >= 4 is 17.8 Å². The van der Waals surface area contributed by atoms with Gasteiger partial charge in [0.25, 0.3) is 5.79 Å². The van der Waals surface area contributed by atoms with Crippen LogP contribution in [-0.2, 0) is 23.9 Å². The van der Waals surface area contributed by atoms with Gasteiger partial charge in [0.05, 0.1) is 12.1 Å². The second kappa shape index (κ2) is 8.70. The molecule has 1 amide bonds. The lowest BCUT2D eigenvalue weighted by Gasteiger charge is -2.44. The largest absolute Gasteiger partial charge is 0.477 e. The number of carboxylic acid groups (broad SMARTS) is 1. The number of aliphatic hydroxyl groups excluding tert-OH is 4. The maximum atomic E-state index is 11.3. The normalized spacial score (nSPS) is 32.2. The first-order valence-corrected chi connectivity index (χ1v) is 7.68. The Kier molecular flexibility index (Phi) is 7.44.